The van der Waals surface area contributed by atoms with E-state index < -0.39 is 11.9 Å². The van der Waals surface area contributed by atoms with Gasteiger partial charge in [0.2, 0.25) is 0 Å². The lowest BCUT2D eigenvalue weighted by Crippen LogP contribution is -2.13. The molecule has 8 heteroatoms. The normalized spacial score (nSPS) is 11.5. The van der Waals surface area contributed by atoms with Crippen LogP contribution < -0.4 is 5.32 Å². The molecule has 0 aliphatic rings. The second-order valence-electron chi connectivity index (χ2n) is 3.50. The molecule has 0 spiro atoms. The van der Waals surface area contributed by atoms with Gasteiger partial charge in [-0.3, -0.25) is 4.68 Å². The van der Waals surface area contributed by atoms with Crippen LogP contribution in [-0.2, 0) is 12.7 Å². The third-order valence-electron chi connectivity index (χ3n) is 2.16. The van der Waals surface area contributed by atoms with Crippen molar-refractivity contribution in [2.24, 2.45) is 0 Å². The molecule has 2 heterocycles. The van der Waals surface area contributed by atoms with Crippen molar-refractivity contribution >= 4 is 5.82 Å². The van der Waals surface area contributed by atoms with Gasteiger partial charge >= 0.3 is 6.18 Å². The molecule has 0 aliphatic carbocycles. The molecule has 0 aliphatic heterocycles. The Labute approximate surface area is 101 Å². The topological polar surface area (TPSA) is 55.6 Å². The number of hydrogen-bond acceptors (Lipinski definition) is 4. The Morgan fingerprint density at radius 3 is 2.61 bits per heavy atom. The first-order valence-electron chi connectivity index (χ1n) is 5.18. The highest BCUT2D eigenvalue weighted by Crippen LogP contribution is 2.26. The Kier molecular flexibility index (Phi) is 3.45. The molecule has 2 aromatic rings. The molecule has 0 bridgehead atoms. The van der Waals surface area contributed by atoms with E-state index >= 15 is 0 Å². The Morgan fingerprint density at radius 2 is 2.06 bits per heavy atom. The predicted molar refractivity (Wildman–Crippen MR) is 57.8 cm³/mol. The lowest BCUT2D eigenvalue weighted by molar-refractivity contribution is -0.141. The van der Waals surface area contributed by atoms with Gasteiger partial charge in [-0.15, -0.1) is 10.2 Å². The summed E-state index contributed by atoms with van der Waals surface area (Å²) in [6.45, 7) is 1.09. The van der Waals surface area contributed by atoms with Crippen LogP contribution in [0.4, 0.5) is 19.0 Å². The number of anilines is 1. The number of nitrogens with zero attached hydrogens (tertiary/aromatic N) is 4. The van der Waals surface area contributed by atoms with E-state index in [-0.39, 0.29) is 0 Å². The fourth-order valence-corrected chi connectivity index (χ4v) is 1.31. The average molecular weight is 257 g/mol. The number of halogens is 3. The molecule has 5 nitrogen and oxygen atoms in total. The van der Waals surface area contributed by atoms with Crippen LogP contribution in [0.2, 0.25) is 0 Å². The van der Waals surface area contributed by atoms with Crippen molar-refractivity contribution in [3.05, 3.63) is 36.3 Å². The summed E-state index contributed by atoms with van der Waals surface area (Å²) in [5.74, 6) is 0.301. The van der Waals surface area contributed by atoms with Gasteiger partial charge in [0.25, 0.3) is 0 Å². The maximum atomic E-state index is 12.2. The van der Waals surface area contributed by atoms with Gasteiger partial charge in [-0.05, 0) is 18.2 Å². The molecule has 0 radical (unpaired) electrons. The van der Waals surface area contributed by atoms with Crippen LogP contribution in [0.1, 0.15) is 5.69 Å². The first kappa shape index (κ1) is 12.3. The van der Waals surface area contributed by atoms with Gasteiger partial charge in [0.05, 0.1) is 6.54 Å². The van der Waals surface area contributed by atoms with Gasteiger partial charge in [-0.25, -0.2) is 0 Å². The summed E-state index contributed by atoms with van der Waals surface area (Å²) in [5, 5.41) is 13.4. The summed E-state index contributed by atoms with van der Waals surface area (Å²) in [6.07, 6.45) is -1.02. The monoisotopic (exact) mass is 257 g/mol. The fourth-order valence-electron chi connectivity index (χ4n) is 1.31. The van der Waals surface area contributed by atoms with Gasteiger partial charge in [0.1, 0.15) is 5.82 Å². The number of alkyl halides is 3. The largest absolute Gasteiger partial charge is 0.435 e. The quantitative estimate of drug-likeness (QED) is 0.907. The van der Waals surface area contributed by atoms with Crippen LogP contribution >= 0.6 is 0 Å². The molecule has 18 heavy (non-hydrogen) atoms. The second-order valence-corrected chi connectivity index (χ2v) is 3.50. The van der Waals surface area contributed by atoms with E-state index in [9.17, 15) is 13.2 Å². The van der Waals surface area contributed by atoms with E-state index in [1.807, 2.05) is 0 Å². The molecule has 0 saturated carbocycles. The van der Waals surface area contributed by atoms with Crippen molar-refractivity contribution in [2.45, 2.75) is 12.7 Å². The van der Waals surface area contributed by atoms with Crippen molar-refractivity contribution in [3.8, 4) is 0 Å². The number of rotatable bonds is 4. The van der Waals surface area contributed by atoms with Crippen LogP contribution in [0.5, 0.6) is 0 Å². The van der Waals surface area contributed by atoms with E-state index in [2.05, 4.69) is 20.6 Å². The van der Waals surface area contributed by atoms with Crippen molar-refractivity contribution in [3.63, 3.8) is 0 Å². The Bertz CT molecular complexity index is 477. The maximum Gasteiger partial charge on any atom is 0.435 e. The number of hydrogen-bond donors (Lipinski definition) is 1. The smallest absolute Gasteiger partial charge is 0.367 e. The number of aromatic nitrogens is 4. The van der Waals surface area contributed by atoms with Crippen LogP contribution in [0.25, 0.3) is 0 Å². The summed E-state index contributed by atoms with van der Waals surface area (Å²) in [4.78, 5) is 0. The van der Waals surface area contributed by atoms with E-state index in [1.54, 1.807) is 23.1 Å². The van der Waals surface area contributed by atoms with E-state index in [0.717, 1.165) is 6.07 Å². The van der Waals surface area contributed by atoms with Gasteiger partial charge in [0, 0.05) is 18.9 Å². The summed E-state index contributed by atoms with van der Waals surface area (Å²) < 4.78 is 38.4. The summed E-state index contributed by atoms with van der Waals surface area (Å²) in [5.41, 5.74) is -1.000. The first-order chi connectivity index (χ1) is 8.55. The van der Waals surface area contributed by atoms with E-state index in [1.165, 1.54) is 6.07 Å². The molecule has 0 aromatic carbocycles. The molecular weight excluding hydrogens is 247 g/mol. The molecule has 0 unspecified atom stereocenters. The van der Waals surface area contributed by atoms with Crippen LogP contribution in [0.15, 0.2) is 30.6 Å². The highest BCUT2D eigenvalue weighted by atomic mass is 19.4. The minimum Gasteiger partial charge on any atom is -0.367 e. The summed E-state index contributed by atoms with van der Waals surface area (Å²) in [6, 6.07) is 3.93. The third-order valence-corrected chi connectivity index (χ3v) is 2.16. The third kappa shape index (κ3) is 3.19. The fraction of sp³-hybridized carbons (Fsp3) is 0.300. The molecular formula is C10H10F3N5. The molecule has 0 atom stereocenters. The maximum absolute atomic E-state index is 12.2. The SMILES string of the molecule is FC(F)(F)c1ccc(NCCn2cccn2)nn1. The molecule has 1 N–H and O–H groups in total. The summed E-state index contributed by atoms with van der Waals surface area (Å²) >= 11 is 0. The van der Waals surface area contributed by atoms with Crippen molar-refractivity contribution < 1.29 is 13.2 Å². The molecule has 0 amide bonds. The zero-order valence-electron chi connectivity index (χ0n) is 9.22. The van der Waals surface area contributed by atoms with Gasteiger partial charge < -0.3 is 5.32 Å². The predicted octanol–water partition coefficient (Wildman–Crippen LogP) is 1.80. The molecule has 0 saturated heterocycles. The Hall–Kier alpha value is -2.12. The van der Waals surface area contributed by atoms with Gasteiger partial charge in [0.15, 0.2) is 5.69 Å². The lowest BCUT2D eigenvalue weighted by Gasteiger charge is -2.07. The molecule has 2 rings (SSSR count). The Morgan fingerprint density at radius 1 is 1.22 bits per heavy atom. The number of nitrogens with one attached hydrogen (secondary N) is 1. The van der Waals surface area contributed by atoms with Crippen LogP contribution in [0.3, 0.4) is 0 Å². The van der Waals surface area contributed by atoms with E-state index in [0.29, 0.717) is 18.9 Å². The van der Waals surface area contributed by atoms with Crippen molar-refractivity contribution in [1.82, 2.24) is 20.0 Å². The lowest BCUT2D eigenvalue weighted by atomic mass is 10.4. The van der Waals surface area contributed by atoms with E-state index in [4.69, 9.17) is 0 Å². The standard InChI is InChI=1S/C10H10F3N5/c11-10(12,13)8-2-3-9(17-16-8)14-5-7-18-6-1-4-15-18/h1-4,6H,5,7H2,(H,14,17). The molecule has 2 aromatic heterocycles. The first-order valence-corrected chi connectivity index (χ1v) is 5.18. The van der Waals surface area contributed by atoms with Crippen molar-refractivity contribution in [1.29, 1.82) is 0 Å². The van der Waals surface area contributed by atoms with Gasteiger partial charge in [-0.1, -0.05) is 0 Å². The summed E-state index contributed by atoms with van der Waals surface area (Å²) in [7, 11) is 0. The minimum absolute atomic E-state index is 0.301. The van der Waals surface area contributed by atoms with Crippen LogP contribution in [-0.4, -0.2) is 26.5 Å². The van der Waals surface area contributed by atoms with Gasteiger partial charge in [-0.2, -0.15) is 18.3 Å². The van der Waals surface area contributed by atoms with Crippen LogP contribution in [0, 0.1) is 0 Å². The average Bonchev–Trinajstić information content (AvgIpc) is 2.82. The van der Waals surface area contributed by atoms with Crippen molar-refractivity contribution in [2.75, 3.05) is 11.9 Å². The highest BCUT2D eigenvalue weighted by Gasteiger charge is 2.32. The molecule has 0 fully saturated rings. The zero-order chi connectivity index (χ0) is 13.0. The zero-order valence-corrected chi connectivity index (χ0v) is 9.22. The second kappa shape index (κ2) is 5.03. The Balaban J connectivity index is 1.87. The minimum atomic E-state index is -4.46. The molecule has 96 valence electrons. The highest BCUT2D eigenvalue weighted by molar-refractivity contribution is 5.33.